The van der Waals surface area contributed by atoms with Crippen molar-refractivity contribution in [3.63, 3.8) is 0 Å². The Balaban J connectivity index is 2.02. The van der Waals surface area contributed by atoms with Crippen LogP contribution in [0.3, 0.4) is 0 Å². The van der Waals surface area contributed by atoms with Gasteiger partial charge in [0.2, 0.25) is 0 Å². The van der Waals surface area contributed by atoms with Crippen molar-refractivity contribution in [2.45, 2.75) is 18.9 Å². The van der Waals surface area contributed by atoms with E-state index in [0.717, 1.165) is 5.56 Å². The van der Waals surface area contributed by atoms with Crippen molar-refractivity contribution in [1.29, 1.82) is 0 Å². The molecule has 0 fully saturated rings. The molecule has 0 saturated heterocycles. The summed E-state index contributed by atoms with van der Waals surface area (Å²) in [5.41, 5.74) is 1.52. The number of aryl methyl sites for hydroxylation is 3. The highest BCUT2D eigenvalue weighted by Gasteiger charge is 2.24. The van der Waals surface area contributed by atoms with Crippen LogP contribution in [0.15, 0.2) is 46.1 Å². The number of hydrogen-bond acceptors (Lipinski definition) is 5. The van der Waals surface area contributed by atoms with Crippen LogP contribution in [0.2, 0.25) is 0 Å². The maximum Gasteiger partial charge on any atom is 0.281 e. The molecule has 3 aromatic rings. The molecule has 1 N–H and O–H groups in total. The Morgan fingerprint density at radius 1 is 1.17 bits per heavy atom. The average Bonchev–Trinajstić information content (AvgIpc) is 3.04. The average molecular weight is 332 g/mol. The summed E-state index contributed by atoms with van der Waals surface area (Å²) in [7, 11) is -2.08. The number of benzene rings is 1. The topological polar surface area (TPSA) is 90.0 Å². The molecule has 0 bridgehead atoms. The van der Waals surface area contributed by atoms with Gasteiger partial charge >= 0.3 is 0 Å². The number of nitrogens with zero attached hydrogens (tertiary/aromatic N) is 3. The fourth-order valence-corrected chi connectivity index (χ4v) is 3.28. The second-order valence-electron chi connectivity index (χ2n) is 5.18. The third-order valence-corrected chi connectivity index (χ3v) is 4.72. The van der Waals surface area contributed by atoms with Crippen LogP contribution in [0, 0.1) is 13.8 Å². The highest BCUT2D eigenvalue weighted by Crippen LogP contribution is 2.32. The number of nitrogens with one attached hydrogen (secondary N) is 1. The van der Waals surface area contributed by atoms with Gasteiger partial charge in [0.15, 0.2) is 10.8 Å². The Morgan fingerprint density at radius 3 is 2.48 bits per heavy atom. The molecule has 0 spiro atoms. The van der Waals surface area contributed by atoms with Gasteiger partial charge in [-0.25, -0.2) is 4.98 Å². The first-order chi connectivity index (χ1) is 10.9. The molecule has 0 aliphatic carbocycles. The highest BCUT2D eigenvalue weighted by atomic mass is 32.2. The predicted molar refractivity (Wildman–Crippen MR) is 85.4 cm³/mol. The van der Waals surface area contributed by atoms with E-state index in [1.54, 1.807) is 25.5 Å². The number of rotatable bonds is 4. The number of hydrogen-bond donors (Lipinski definition) is 1. The van der Waals surface area contributed by atoms with Gasteiger partial charge in [0.1, 0.15) is 17.2 Å². The molecule has 120 valence electrons. The Bertz CT molecular complexity index is 923. The molecule has 0 aliphatic rings. The Labute approximate surface area is 134 Å². The van der Waals surface area contributed by atoms with E-state index >= 15 is 0 Å². The van der Waals surface area contributed by atoms with Crippen LogP contribution in [0.1, 0.15) is 11.5 Å². The van der Waals surface area contributed by atoms with Crippen molar-refractivity contribution < 1.29 is 12.9 Å². The summed E-state index contributed by atoms with van der Waals surface area (Å²) in [6.07, 6.45) is 1.46. The van der Waals surface area contributed by atoms with Crippen molar-refractivity contribution in [1.82, 2.24) is 14.7 Å². The molecule has 8 heteroatoms. The van der Waals surface area contributed by atoms with E-state index < -0.39 is 10.0 Å². The van der Waals surface area contributed by atoms with E-state index in [2.05, 4.69) is 14.9 Å². The third kappa shape index (κ3) is 2.85. The molecule has 0 atom stereocenters. The summed E-state index contributed by atoms with van der Waals surface area (Å²) in [5.74, 6) is 0.982. The standard InChI is InChI=1S/C15H16N4O3S/c1-10-14(15(22-17-10)12-7-5-4-6-8-12)18-23(20,21)13-9-19(3)11(2)16-13/h4-9,18H,1-3H3. The minimum absolute atomic E-state index is 0.0443. The molecule has 0 unspecified atom stereocenters. The lowest BCUT2D eigenvalue weighted by atomic mass is 10.1. The number of aromatic nitrogens is 3. The van der Waals surface area contributed by atoms with Crippen molar-refractivity contribution in [3.8, 4) is 11.3 Å². The van der Waals surface area contributed by atoms with Gasteiger partial charge in [0.25, 0.3) is 10.0 Å². The van der Waals surface area contributed by atoms with Crippen LogP contribution >= 0.6 is 0 Å². The zero-order valence-electron chi connectivity index (χ0n) is 12.9. The van der Waals surface area contributed by atoms with E-state index in [9.17, 15) is 8.42 Å². The lowest BCUT2D eigenvalue weighted by Crippen LogP contribution is -2.14. The zero-order chi connectivity index (χ0) is 16.6. The molecule has 0 aliphatic heterocycles. The van der Waals surface area contributed by atoms with Crippen LogP contribution in [0.5, 0.6) is 0 Å². The van der Waals surface area contributed by atoms with Gasteiger partial charge in [-0.3, -0.25) is 4.72 Å². The monoisotopic (exact) mass is 332 g/mol. The lowest BCUT2D eigenvalue weighted by Gasteiger charge is -2.06. The van der Waals surface area contributed by atoms with E-state index in [1.807, 2.05) is 30.3 Å². The molecule has 2 heterocycles. The van der Waals surface area contributed by atoms with E-state index in [0.29, 0.717) is 23.0 Å². The molecule has 2 aromatic heterocycles. The summed E-state index contributed by atoms with van der Waals surface area (Å²) >= 11 is 0. The predicted octanol–water partition coefficient (Wildman–Crippen LogP) is 2.49. The number of anilines is 1. The van der Waals surface area contributed by atoms with Gasteiger partial charge in [-0.05, 0) is 13.8 Å². The van der Waals surface area contributed by atoms with E-state index in [1.165, 1.54) is 6.20 Å². The second-order valence-corrected chi connectivity index (χ2v) is 6.81. The lowest BCUT2D eigenvalue weighted by molar-refractivity contribution is 0.427. The van der Waals surface area contributed by atoms with Crippen molar-refractivity contribution in [3.05, 3.63) is 48.0 Å². The minimum atomic E-state index is -3.82. The summed E-state index contributed by atoms with van der Waals surface area (Å²) in [4.78, 5) is 4.06. The van der Waals surface area contributed by atoms with Crippen LogP contribution in [0.25, 0.3) is 11.3 Å². The Morgan fingerprint density at radius 2 is 1.87 bits per heavy atom. The van der Waals surface area contributed by atoms with Gasteiger partial charge in [-0.1, -0.05) is 35.5 Å². The minimum Gasteiger partial charge on any atom is -0.354 e. The molecular weight excluding hydrogens is 316 g/mol. The molecule has 7 nitrogen and oxygen atoms in total. The molecule has 0 radical (unpaired) electrons. The Hall–Kier alpha value is -2.61. The Kier molecular flexibility index (Phi) is 3.69. The summed E-state index contributed by atoms with van der Waals surface area (Å²) in [6.45, 7) is 3.41. The van der Waals surface area contributed by atoms with Crippen LogP contribution in [-0.2, 0) is 17.1 Å². The van der Waals surface area contributed by atoms with E-state index in [-0.39, 0.29) is 5.03 Å². The second kappa shape index (κ2) is 5.54. The van der Waals surface area contributed by atoms with Gasteiger partial charge in [-0.2, -0.15) is 8.42 Å². The fourth-order valence-electron chi connectivity index (χ4n) is 2.12. The first-order valence-electron chi connectivity index (χ1n) is 6.93. The maximum atomic E-state index is 12.5. The van der Waals surface area contributed by atoms with Gasteiger partial charge in [0.05, 0.1) is 0 Å². The van der Waals surface area contributed by atoms with Crippen LogP contribution in [-0.4, -0.2) is 23.1 Å². The molecule has 0 amide bonds. The van der Waals surface area contributed by atoms with Crippen molar-refractivity contribution in [2.24, 2.45) is 7.05 Å². The van der Waals surface area contributed by atoms with Gasteiger partial charge < -0.3 is 9.09 Å². The summed E-state index contributed by atoms with van der Waals surface area (Å²) in [6, 6.07) is 9.19. The molecule has 0 saturated carbocycles. The maximum absolute atomic E-state index is 12.5. The molecule has 1 aromatic carbocycles. The third-order valence-electron chi connectivity index (χ3n) is 3.50. The summed E-state index contributed by atoms with van der Waals surface area (Å²) in [5, 5.41) is 3.82. The largest absolute Gasteiger partial charge is 0.354 e. The van der Waals surface area contributed by atoms with Gasteiger partial charge in [-0.15, -0.1) is 0 Å². The normalized spacial score (nSPS) is 11.6. The summed E-state index contributed by atoms with van der Waals surface area (Å²) < 4.78 is 34.6. The fraction of sp³-hybridized carbons (Fsp3) is 0.200. The SMILES string of the molecule is Cc1noc(-c2ccccc2)c1NS(=O)(=O)c1cn(C)c(C)n1. The van der Waals surface area contributed by atoms with Crippen LogP contribution in [0.4, 0.5) is 5.69 Å². The number of sulfonamides is 1. The first-order valence-corrected chi connectivity index (χ1v) is 8.41. The smallest absolute Gasteiger partial charge is 0.281 e. The highest BCUT2D eigenvalue weighted by molar-refractivity contribution is 7.92. The molecular formula is C15H16N4O3S. The van der Waals surface area contributed by atoms with Crippen molar-refractivity contribution in [2.75, 3.05) is 4.72 Å². The molecule has 3 rings (SSSR count). The van der Waals surface area contributed by atoms with E-state index in [4.69, 9.17) is 4.52 Å². The number of imidazole rings is 1. The van der Waals surface area contributed by atoms with Crippen molar-refractivity contribution >= 4 is 15.7 Å². The zero-order valence-corrected chi connectivity index (χ0v) is 13.8. The quantitative estimate of drug-likeness (QED) is 0.793. The first kappa shape index (κ1) is 15.3. The van der Waals surface area contributed by atoms with Gasteiger partial charge in [0, 0.05) is 18.8 Å². The van der Waals surface area contributed by atoms with Crippen LogP contribution < -0.4 is 4.72 Å². The molecule has 23 heavy (non-hydrogen) atoms.